The lowest BCUT2D eigenvalue weighted by atomic mass is 9.75. The SMILES string of the molecule is O=C(O)c1cc(Br)cnc1N1CCC2CCCCC2C1. The van der Waals surface area contributed by atoms with Gasteiger partial charge in [-0.25, -0.2) is 9.78 Å². The van der Waals surface area contributed by atoms with Crippen molar-refractivity contribution in [2.45, 2.75) is 32.1 Å². The Morgan fingerprint density at radius 2 is 2.05 bits per heavy atom. The predicted octanol–water partition coefficient (Wildman–Crippen LogP) is 3.56. The Kier molecular flexibility index (Phi) is 3.96. The normalized spacial score (nSPS) is 26.1. The molecule has 5 heteroatoms. The average Bonchev–Trinajstić information content (AvgIpc) is 2.46. The number of nitrogens with zero attached hydrogens (tertiary/aromatic N) is 2. The highest BCUT2D eigenvalue weighted by Gasteiger charge is 2.32. The molecule has 2 aliphatic rings. The molecule has 2 heterocycles. The number of halogens is 1. The van der Waals surface area contributed by atoms with Crippen molar-refractivity contribution in [1.29, 1.82) is 0 Å². The molecule has 1 aliphatic carbocycles. The minimum Gasteiger partial charge on any atom is -0.478 e. The first-order chi connectivity index (χ1) is 9.65. The summed E-state index contributed by atoms with van der Waals surface area (Å²) in [5.74, 6) is 1.28. The maximum atomic E-state index is 11.4. The van der Waals surface area contributed by atoms with Crippen LogP contribution in [0, 0.1) is 11.8 Å². The average molecular weight is 339 g/mol. The van der Waals surface area contributed by atoms with Crippen molar-refractivity contribution in [2.24, 2.45) is 11.8 Å². The van der Waals surface area contributed by atoms with Crippen molar-refractivity contribution in [3.05, 3.63) is 22.3 Å². The van der Waals surface area contributed by atoms with Gasteiger partial charge >= 0.3 is 5.97 Å². The fraction of sp³-hybridized carbons (Fsp3) is 0.600. The van der Waals surface area contributed by atoms with E-state index in [1.807, 2.05) is 0 Å². The van der Waals surface area contributed by atoms with Crippen LogP contribution >= 0.6 is 15.9 Å². The largest absolute Gasteiger partial charge is 0.478 e. The number of aromatic nitrogens is 1. The van der Waals surface area contributed by atoms with Crippen molar-refractivity contribution in [1.82, 2.24) is 4.98 Å². The number of hydrogen-bond acceptors (Lipinski definition) is 3. The molecule has 4 nitrogen and oxygen atoms in total. The van der Waals surface area contributed by atoms with Gasteiger partial charge in [-0.1, -0.05) is 19.3 Å². The standard InChI is InChI=1S/C15H19BrN2O2/c16-12-7-13(15(19)20)14(17-8-12)18-6-5-10-3-1-2-4-11(10)9-18/h7-8,10-11H,1-6,9H2,(H,19,20). The van der Waals surface area contributed by atoms with Gasteiger partial charge in [-0.2, -0.15) is 0 Å². The molecule has 1 saturated heterocycles. The van der Waals surface area contributed by atoms with Crippen molar-refractivity contribution in [3.63, 3.8) is 0 Å². The number of carboxylic acids is 1. The summed E-state index contributed by atoms with van der Waals surface area (Å²) in [7, 11) is 0. The minimum atomic E-state index is -0.903. The first-order valence-corrected chi connectivity index (χ1v) is 8.08. The predicted molar refractivity (Wildman–Crippen MR) is 81.2 cm³/mol. The summed E-state index contributed by atoms with van der Waals surface area (Å²) >= 11 is 3.30. The summed E-state index contributed by atoms with van der Waals surface area (Å²) in [6.45, 7) is 1.88. The number of carbonyl (C=O) groups is 1. The molecule has 0 amide bonds. The van der Waals surface area contributed by atoms with Gasteiger partial charge in [-0.05, 0) is 46.7 Å². The quantitative estimate of drug-likeness (QED) is 0.895. The van der Waals surface area contributed by atoms with Gasteiger partial charge in [0.2, 0.25) is 0 Å². The number of hydrogen-bond donors (Lipinski definition) is 1. The van der Waals surface area contributed by atoms with Gasteiger partial charge in [0, 0.05) is 23.8 Å². The monoisotopic (exact) mass is 338 g/mol. The number of anilines is 1. The molecule has 20 heavy (non-hydrogen) atoms. The number of pyridine rings is 1. The summed E-state index contributed by atoms with van der Waals surface area (Å²) in [5, 5.41) is 9.37. The van der Waals surface area contributed by atoms with Crippen LogP contribution in [-0.2, 0) is 0 Å². The van der Waals surface area contributed by atoms with Crippen LogP contribution in [0.2, 0.25) is 0 Å². The molecule has 2 unspecified atom stereocenters. The van der Waals surface area contributed by atoms with E-state index in [1.165, 1.54) is 32.1 Å². The van der Waals surface area contributed by atoms with Crippen molar-refractivity contribution in [2.75, 3.05) is 18.0 Å². The highest BCUT2D eigenvalue weighted by atomic mass is 79.9. The molecule has 0 radical (unpaired) electrons. The van der Waals surface area contributed by atoms with Crippen LogP contribution in [0.5, 0.6) is 0 Å². The molecule has 0 spiro atoms. The van der Waals surface area contributed by atoms with E-state index >= 15 is 0 Å². The molecule has 3 rings (SSSR count). The third-order valence-electron chi connectivity index (χ3n) is 4.65. The Balaban J connectivity index is 1.84. The number of rotatable bonds is 2. The van der Waals surface area contributed by atoms with Crippen LogP contribution in [0.25, 0.3) is 0 Å². The highest BCUT2D eigenvalue weighted by Crippen LogP contribution is 2.37. The highest BCUT2D eigenvalue weighted by molar-refractivity contribution is 9.10. The lowest BCUT2D eigenvalue weighted by Crippen LogP contribution is -2.42. The van der Waals surface area contributed by atoms with Gasteiger partial charge in [0.1, 0.15) is 11.4 Å². The van der Waals surface area contributed by atoms with E-state index < -0.39 is 5.97 Å². The second-order valence-electron chi connectivity index (χ2n) is 5.87. The maximum absolute atomic E-state index is 11.4. The zero-order valence-electron chi connectivity index (χ0n) is 11.4. The summed E-state index contributed by atoms with van der Waals surface area (Å²) in [4.78, 5) is 17.9. The Hall–Kier alpha value is -1.10. The fourth-order valence-corrected chi connectivity index (χ4v) is 3.97. The first kappa shape index (κ1) is 13.9. The van der Waals surface area contributed by atoms with Crippen LogP contribution in [-0.4, -0.2) is 29.1 Å². The molecule has 1 aromatic rings. The van der Waals surface area contributed by atoms with Gasteiger partial charge < -0.3 is 10.0 Å². The molecule has 1 aromatic heterocycles. The van der Waals surface area contributed by atoms with E-state index in [-0.39, 0.29) is 0 Å². The Bertz CT molecular complexity index is 521. The summed E-state index contributed by atoms with van der Waals surface area (Å²) in [6, 6.07) is 1.65. The van der Waals surface area contributed by atoms with Crippen molar-refractivity contribution < 1.29 is 9.90 Å². The Morgan fingerprint density at radius 1 is 1.30 bits per heavy atom. The third kappa shape index (κ3) is 2.68. The number of aromatic carboxylic acids is 1. The van der Waals surface area contributed by atoms with E-state index in [1.54, 1.807) is 12.3 Å². The van der Waals surface area contributed by atoms with Gasteiger partial charge in [-0.15, -0.1) is 0 Å². The Morgan fingerprint density at radius 3 is 2.80 bits per heavy atom. The topological polar surface area (TPSA) is 53.4 Å². The second kappa shape index (κ2) is 5.72. The zero-order valence-corrected chi connectivity index (χ0v) is 13.0. The third-order valence-corrected chi connectivity index (χ3v) is 5.09. The number of fused-ring (bicyclic) bond motifs is 1. The van der Waals surface area contributed by atoms with Crippen molar-refractivity contribution >= 4 is 27.7 Å². The van der Waals surface area contributed by atoms with Gasteiger partial charge in [0.15, 0.2) is 0 Å². The van der Waals surface area contributed by atoms with Crippen LogP contribution in [0.15, 0.2) is 16.7 Å². The molecule has 0 bridgehead atoms. The lowest BCUT2D eigenvalue weighted by molar-refractivity contribution is 0.0696. The molecule has 1 N–H and O–H groups in total. The van der Waals surface area contributed by atoms with E-state index in [4.69, 9.17) is 0 Å². The van der Waals surface area contributed by atoms with E-state index in [2.05, 4.69) is 25.8 Å². The molecule has 2 atom stereocenters. The maximum Gasteiger partial charge on any atom is 0.339 e. The van der Waals surface area contributed by atoms with Crippen LogP contribution in [0.3, 0.4) is 0 Å². The fourth-order valence-electron chi connectivity index (χ4n) is 3.63. The molecule has 0 aromatic carbocycles. The van der Waals surface area contributed by atoms with Gasteiger partial charge in [0.25, 0.3) is 0 Å². The first-order valence-electron chi connectivity index (χ1n) is 7.29. The number of piperidine rings is 1. The molecule has 108 valence electrons. The molecule has 2 fully saturated rings. The smallest absolute Gasteiger partial charge is 0.339 e. The second-order valence-corrected chi connectivity index (χ2v) is 6.78. The summed E-state index contributed by atoms with van der Waals surface area (Å²) in [5.41, 5.74) is 0.300. The molecule has 1 aliphatic heterocycles. The minimum absolute atomic E-state index is 0.300. The molecular weight excluding hydrogens is 320 g/mol. The van der Waals surface area contributed by atoms with E-state index in [0.29, 0.717) is 21.8 Å². The van der Waals surface area contributed by atoms with E-state index in [0.717, 1.165) is 19.0 Å². The van der Waals surface area contributed by atoms with Gasteiger partial charge in [0.05, 0.1) is 0 Å². The van der Waals surface area contributed by atoms with Crippen LogP contribution in [0.1, 0.15) is 42.5 Å². The Labute approximate surface area is 127 Å². The van der Waals surface area contributed by atoms with Crippen LogP contribution < -0.4 is 4.90 Å². The van der Waals surface area contributed by atoms with Crippen LogP contribution in [0.4, 0.5) is 5.82 Å². The summed E-state index contributed by atoms with van der Waals surface area (Å²) < 4.78 is 0.714. The molecule has 1 saturated carbocycles. The summed E-state index contributed by atoms with van der Waals surface area (Å²) in [6.07, 6.45) is 8.15. The van der Waals surface area contributed by atoms with Crippen molar-refractivity contribution in [3.8, 4) is 0 Å². The lowest BCUT2D eigenvalue weighted by Gasteiger charge is -2.42. The zero-order chi connectivity index (χ0) is 14.1. The van der Waals surface area contributed by atoms with E-state index in [9.17, 15) is 9.90 Å². The van der Waals surface area contributed by atoms with Gasteiger partial charge in [-0.3, -0.25) is 0 Å². The number of carboxylic acid groups (broad SMARTS) is 1. The molecular formula is C15H19BrN2O2.